The van der Waals surface area contributed by atoms with Crippen LogP contribution in [0.2, 0.25) is 0 Å². The number of fused-ring (bicyclic) bond motifs is 1. The molecule has 2 heterocycles. The summed E-state index contributed by atoms with van der Waals surface area (Å²) >= 11 is 0. The molecule has 3 aromatic rings. The van der Waals surface area contributed by atoms with E-state index in [1.807, 2.05) is 54.7 Å². The molecule has 3 N–H and O–H groups in total. The van der Waals surface area contributed by atoms with Crippen molar-refractivity contribution in [1.29, 1.82) is 0 Å². The maximum absolute atomic E-state index is 13.0. The number of H-pyrrole nitrogens is 1. The van der Waals surface area contributed by atoms with Crippen molar-refractivity contribution in [3.8, 4) is 0 Å². The van der Waals surface area contributed by atoms with Crippen molar-refractivity contribution >= 4 is 16.8 Å². The second-order valence-electron chi connectivity index (χ2n) is 7.90. The molecular weight excluding hydrogens is 362 g/mol. The van der Waals surface area contributed by atoms with Gasteiger partial charge in [-0.15, -0.1) is 0 Å². The highest BCUT2D eigenvalue weighted by Gasteiger charge is 2.19. The average molecular weight is 392 g/mol. The Labute approximate surface area is 171 Å². The largest absolute Gasteiger partial charge is 0.379 e. The van der Waals surface area contributed by atoms with Crippen molar-refractivity contribution in [1.82, 2.24) is 15.6 Å². The van der Waals surface area contributed by atoms with Crippen LogP contribution in [-0.4, -0.2) is 37.2 Å². The smallest absolute Gasteiger partial charge is 0.251 e. The highest BCUT2D eigenvalue weighted by Crippen LogP contribution is 2.20. The molecule has 5 nitrogen and oxygen atoms in total. The highest BCUT2D eigenvalue weighted by atomic mass is 16.5. The molecule has 1 fully saturated rings. The first-order valence-corrected chi connectivity index (χ1v) is 10.4. The van der Waals surface area contributed by atoms with Crippen LogP contribution in [0.5, 0.6) is 0 Å². The van der Waals surface area contributed by atoms with Crippen LogP contribution >= 0.6 is 0 Å². The van der Waals surface area contributed by atoms with Gasteiger partial charge in [-0.2, -0.15) is 0 Å². The van der Waals surface area contributed by atoms with E-state index in [-0.39, 0.29) is 11.9 Å². The average Bonchev–Trinajstić information content (AvgIpc) is 3.14. The summed E-state index contributed by atoms with van der Waals surface area (Å²) in [5.41, 5.74) is 3.87. The van der Waals surface area contributed by atoms with Crippen LogP contribution in [-0.2, 0) is 4.74 Å². The molecule has 152 valence electrons. The molecule has 0 aliphatic carbocycles. The van der Waals surface area contributed by atoms with Crippen LogP contribution in [0.25, 0.3) is 10.9 Å². The van der Waals surface area contributed by atoms with Crippen molar-refractivity contribution in [2.24, 2.45) is 5.92 Å². The van der Waals surface area contributed by atoms with E-state index >= 15 is 0 Å². The number of piperidine rings is 1. The predicted octanol–water partition coefficient (Wildman–Crippen LogP) is 3.96. The normalized spacial score (nSPS) is 16.0. The van der Waals surface area contributed by atoms with Crippen LogP contribution in [0, 0.1) is 12.8 Å². The maximum Gasteiger partial charge on any atom is 0.251 e. The molecule has 0 spiro atoms. The fraction of sp³-hybridized carbons (Fsp3) is 0.375. The van der Waals surface area contributed by atoms with Gasteiger partial charge in [-0.05, 0) is 62.0 Å². The second kappa shape index (κ2) is 9.25. The van der Waals surface area contributed by atoms with E-state index in [0.29, 0.717) is 18.1 Å². The Morgan fingerprint density at radius 2 is 1.97 bits per heavy atom. The lowest BCUT2D eigenvalue weighted by Crippen LogP contribution is -2.33. The summed E-state index contributed by atoms with van der Waals surface area (Å²) in [4.78, 5) is 16.2. The Hall–Kier alpha value is -2.63. The molecule has 1 atom stereocenters. The fourth-order valence-corrected chi connectivity index (χ4v) is 3.96. The summed E-state index contributed by atoms with van der Waals surface area (Å²) < 4.78 is 6.05. The third kappa shape index (κ3) is 4.86. The van der Waals surface area contributed by atoms with Gasteiger partial charge >= 0.3 is 0 Å². The first kappa shape index (κ1) is 19.7. The van der Waals surface area contributed by atoms with Gasteiger partial charge in [0.25, 0.3) is 5.91 Å². The van der Waals surface area contributed by atoms with E-state index in [9.17, 15) is 4.79 Å². The Balaban J connectivity index is 1.44. The van der Waals surface area contributed by atoms with Crippen molar-refractivity contribution in [3.05, 3.63) is 71.4 Å². The van der Waals surface area contributed by atoms with Crippen LogP contribution in [0.3, 0.4) is 0 Å². The maximum atomic E-state index is 13.0. The van der Waals surface area contributed by atoms with Gasteiger partial charge in [0.05, 0.1) is 12.6 Å². The highest BCUT2D eigenvalue weighted by molar-refractivity contribution is 5.98. The Kier molecular flexibility index (Phi) is 6.27. The summed E-state index contributed by atoms with van der Waals surface area (Å²) in [6.07, 6.45) is 4.27. The van der Waals surface area contributed by atoms with Gasteiger partial charge in [0, 0.05) is 29.3 Å². The summed E-state index contributed by atoms with van der Waals surface area (Å²) in [5, 5.41) is 7.70. The molecule has 0 saturated carbocycles. The van der Waals surface area contributed by atoms with Crippen molar-refractivity contribution in [2.45, 2.75) is 25.8 Å². The minimum Gasteiger partial charge on any atom is -0.379 e. The molecule has 0 unspecified atom stereocenters. The van der Waals surface area contributed by atoms with Crippen molar-refractivity contribution in [3.63, 3.8) is 0 Å². The van der Waals surface area contributed by atoms with Crippen LogP contribution in [0.1, 0.15) is 40.4 Å². The van der Waals surface area contributed by atoms with Gasteiger partial charge in [0.1, 0.15) is 0 Å². The lowest BCUT2D eigenvalue weighted by Gasteiger charge is -2.24. The molecule has 1 amide bonds. The lowest BCUT2D eigenvalue weighted by atomic mass is 9.99. The van der Waals surface area contributed by atoms with Gasteiger partial charge in [0.15, 0.2) is 0 Å². The zero-order valence-corrected chi connectivity index (χ0v) is 16.9. The molecule has 0 bridgehead atoms. The number of carbonyl (C=O) groups excluding carboxylic acids is 1. The lowest BCUT2D eigenvalue weighted by molar-refractivity contribution is 0.0656. The van der Waals surface area contributed by atoms with E-state index in [1.165, 1.54) is 5.56 Å². The zero-order chi connectivity index (χ0) is 20.1. The van der Waals surface area contributed by atoms with Gasteiger partial charge < -0.3 is 20.4 Å². The molecule has 5 heteroatoms. The van der Waals surface area contributed by atoms with Crippen molar-refractivity contribution < 1.29 is 9.53 Å². The summed E-state index contributed by atoms with van der Waals surface area (Å²) in [5.74, 6) is 0.514. The summed E-state index contributed by atoms with van der Waals surface area (Å²) in [6, 6.07) is 15.7. The Bertz CT molecular complexity index is 945. The van der Waals surface area contributed by atoms with E-state index in [0.717, 1.165) is 49.0 Å². The predicted molar refractivity (Wildman–Crippen MR) is 116 cm³/mol. The third-order valence-corrected chi connectivity index (χ3v) is 5.75. The number of aromatic amines is 1. The quantitative estimate of drug-likeness (QED) is 0.571. The van der Waals surface area contributed by atoms with Crippen LogP contribution in [0.4, 0.5) is 0 Å². The number of carbonyl (C=O) groups is 1. The van der Waals surface area contributed by atoms with Gasteiger partial charge in [0.2, 0.25) is 0 Å². The summed E-state index contributed by atoms with van der Waals surface area (Å²) in [7, 11) is 0. The first-order chi connectivity index (χ1) is 14.2. The number of hydrogen-bond acceptors (Lipinski definition) is 3. The van der Waals surface area contributed by atoms with Crippen molar-refractivity contribution in [2.75, 3.05) is 26.3 Å². The minimum absolute atomic E-state index is 0.0847. The topological polar surface area (TPSA) is 66.2 Å². The van der Waals surface area contributed by atoms with E-state index < -0.39 is 0 Å². The number of aryl methyl sites for hydroxylation is 1. The monoisotopic (exact) mass is 391 g/mol. The Morgan fingerprint density at radius 1 is 1.17 bits per heavy atom. The molecule has 29 heavy (non-hydrogen) atoms. The Morgan fingerprint density at radius 3 is 2.76 bits per heavy atom. The molecule has 0 radical (unpaired) electrons. The molecule has 4 rings (SSSR count). The zero-order valence-electron chi connectivity index (χ0n) is 16.9. The molecule has 1 aromatic heterocycles. The number of hydrogen-bond donors (Lipinski definition) is 3. The first-order valence-electron chi connectivity index (χ1n) is 10.4. The fourth-order valence-electron chi connectivity index (χ4n) is 3.96. The SMILES string of the molecule is Cc1c[nH]c2cc(C(=O)N[C@@H](COCC3CCNCC3)c3ccccc3)ccc12. The molecule has 1 aliphatic heterocycles. The van der Waals surface area contributed by atoms with Crippen LogP contribution in [0.15, 0.2) is 54.7 Å². The van der Waals surface area contributed by atoms with E-state index in [2.05, 4.69) is 22.5 Å². The van der Waals surface area contributed by atoms with E-state index in [4.69, 9.17) is 4.74 Å². The number of aromatic nitrogens is 1. The number of rotatable bonds is 7. The molecule has 1 saturated heterocycles. The molecular formula is C24H29N3O2. The standard InChI is InChI=1S/C24H29N3O2/c1-17-14-26-22-13-20(7-8-21(17)22)24(28)27-23(19-5-3-2-4-6-19)16-29-15-18-9-11-25-12-10-18/h2-8,13-14,18,23,25-26H,9-12,15-16H2,1H3,(H,27,28)/t23-/m0/s1. The number of benzene rings is 2. The van der Waals surface area contributed by atoms with Crippen LogP contribution < -0.4 is 10.6 Å². The molecule has 1 aliphatic rings. The van der Waals surface area contributed by atoms with Gasteiger partial charge in [-0.1, -0.05) is 36.4 Å². The third-order valence-electron chi connectivity index (χ3n) is 5.75. The van der Waals surface area contributed by atoms with Gasteiger partial charge in [-0.25, -0.2) is 0 Å². The number of nitrogens with one attached hydrogen (secondary N) is 3. The second-order valence-corrected chi connectivity index (χ2v) is 7.90. The summed E-state index contributed by atoms with van der Waals surface area (Å²) in [6.45, 7) is 5.41. The minimum atomic E-state index is -0.175. The van der Waals surface area contributed by atoms with E-state index in [1.54, 1.807) is 0 Å². The number of ether oxygens (including phenoxy) is 1. The van der Waals surface area contributed by atoms with Gasteiger partial charge in [-0.3, -0.25) is 4.79 Å². The molecule has 2 aromatic carbocycles. The number of amides is 1.